The molecular formula is C21H17F3N2O3. The van der Waals surface area contributed by atoms with Crippen LogP contribution in [0, 0.1) is 6.92 Å². The number of benzene rings is 2. The minimum Gasteiger partial charge on any atom is -0.468 e. The van der Waals surface area contributed by atoms with Gasteiger partial charge < -0.3 is 9.47 Å². The molecule has 1 aliphatic rings. The fourth-order valence-corrected chi connectivity index (χ4v) is 3.49. The standard InChI is InChI=1S/C21H17F3N2O3/c1-12-8-10-13(11-9-12)17-15(20(27)28-2)16-18(21(22,23)24)25-26(19(16)29-17)14-6-4-3-5-7-14/h3-11,15,17H,1-2H3/t15-,17+/m0/s1. The SMILES string of the molecule is COC(=O)[C@H]1c2c(C(F)(F)F)nn(-c3ccccc3)c2O[C@@H]1c1ccc(C)cc1. The number of aryl methyl sites for hydroxylation is 1. The van der Waals surface area contributed by atoms with Crippen molar-refractivity contribution in [2.24, 2.45) is 0 Å². The number of aromatic nitrogens is 2. The molecule has 4 rings (SSSR count). The molecular weight excluding hydrogens is 385 g/mol. The molecule has 2 aromatic carbocycles. The number of alkyl halides is 3. The van der Waals surface area contributed by atoms with Crippen molar-refractivity contribution < 1.29 is 27.4 Å². The van der Waals surface area contributed by atoms with Crippen molar-refractivity contribution in [1.82, 2.24) is 9.78 Å². The van der Waals surface area contributed by atoms with Crippen LogP contribution in [0.15, 0.2) is 54.6 Å². The highest BCUT2D eigenvalue weighted by molar-refractivity contribution is 5.82. The first-order chi connectivity index (χ1) is 13.8. The Labute approximate surface area is 164 Å². The molecule has 2 heterocycles. The van der Waals surface area contributed by atoms with E-state index in [1.807, 2.05) is 19.1 Å². The molecule has 5 nitrogen and oxygen atoms in total. The van der Waals surface area contributed by atoms with Gasteiger partial charge in [-0.05, 0) is 24.6 Å². The lowest BCUT2D eigenvalue weighted by Gasteiger charge is -2.19. The number of halogens is 3. The van der Waals surface area contributed by atoms with Crippen molar-refractivity contribution >= 4 is 5.97 Å². The van der Waals surface area contributed by atoms with Gasteiger partial charge in [-0.15, -0.1) is 0 Å². The summed E-state index contributed by atoms with van der Waals surface area (Å²) in [7, 11) is 1.14. The van der Waals surface area contributed by atoms with E-state index in [9.17, 15) is 18.0 Å². The van der Waals surface area contributed by atoms with Crippen molar-refractivity contribution in [1.29, 1.82) is 0 Å². The highest BCUT2D eigenvalue weighted by Gasteiger charge is 2.52. The molecule has 1 aromatic heterocycles. The van der Waals surface area contributed by atoms with E-state index in [-0.39, 0.29) is 11.4 Å². The maximum absolute atomic E-state index is 13.8. The Morgan fingerprint density at radius 3 is 2.34 bits per heavy atom. The summed E-state index contributed by atoms with van der Waals surface area (Å²) in [5, 5.41) is 3.74. The van der Waals surface area contributed by atoms with Crippen molar-refractivity contribution in [3.63, 3.8) is 0 Å². The molecule has 0 amide bonds. The second-order valence-corrected chi connectivity index (χ2v) is 6.76. The molecule has 0 spiro atoms. The number of ether oxygens (including phenoxy) is 2. The van der Waals surface area contributed by atoms with Crippen LogP contribution in [-0.2, 0) is 15.7 Å². The van der Waals surface area contributed by atoms with Gasteiger partial charge in [0.2, 0.25) is 5.88 Å². The van der Waals surface area contributed by atoms with Gasteiger partial charge in [-0.1, -0.05) is 48.0 Å². The first-order valence-corrected chi connectivity index (χ1v) is 8.88. The van der Waals surface area contributed by atoms with Crippen LogP contribution in [-0.4, -0.2) is 22.9 Å². The van der Waals surface area contributed by atoms with E-state index >= 15 is 0 Å². The zero-order valence-corrected chi connectivity index (χ0v) is 15.6. The van der Waals surface area contributed by atoms with E-state index in [1.165, 1.54) is 0 Å². The number of carbonyl (C=O) groups is 1. The number of para-hydroxylation sites is 1. The predicted octanol–water partition coefficient (Wildman–Crippen LogP) is 4.59. The van der Waals surface area contributed by atoms with Gasteiger partial charge in [-0.2, -0.15) is 18.3 Å². The van der Waals surface area contributed by atoms with Crippen LogP contribution in [0.1, 0.15) is 34.4 Å². The normalized spacial score (nSPS) is 18.2. The van der Waals surface area contributed by atoms with Gasteiger partial charge in [-0.3, -0.25) is 4.79 Å². The summed E-state index contributed by atoms with van der Waals surface area (Å²) in [5.74, 6) is -2.20. The number of rotatable bonds is 3. The lowest BCUT2D eigenvalue weighted by Crippen LogP contribution is -2.23. The smallest absolute Gasteiger partial charge is 0.435 e. The third-order valence-corrected chi connectivity index (χ3v) is 4.86. The van der Waals surface area contributed by atoms with E-state index in [0.717, 1.165) is 17.4 Å². The van der Waals surface area contributed by atoms with Crippen LogP contribution in [0.3, 0.4) is 0 Å². The van der Waals surface area contributed by atoms with Crippen molar-refractivity contribution in [3.8, 4) is 11.6 Å². The Bertz CT molecular complexity index is 1040. The fourth-order valence-electron chi connectivity index (χ4n) is 3.49. The lowest BCUT2D eigenvalue weighted by atomic mass is 9.90. The predicted molar refractivity (Wildman–Crippen MR) is 97.9 cm³/mol. The molecule has 0 saturated carbocycles. The van der Waals surface area contributed by atoms with Crippen molar-refractivity contribution in [3.05, 3.63) is 77.0 Å². The fraction of sp³-hybridized carbons (Fsp3) is 0.238. The molecule has 8 heteroatoms. The molecule has 0 N–H and O–H groups in total. The Balaban J connectivity index is 1.93. The van der Waals surface area contributed by atoms with Gasteiger partial charge in [0.1, 0.15) is 12.0 Å². The van der Waals surface area contributed by atoms with Gasteiger partial charge in [0, 0.05) is 0 Å². The lowest BCUT2D eigenvalue weighted by molar-refractivity contribution is -0.146. The summed E-state index contributed by atoms with van der Waals surface area (Å²) in [5.41, 5.74) is 0.493. The maximum Gasteiger partial charge on any atom is 0.435 e. The third-order valence-electron chi connectivity index (χ3n) is 4.86. The van der Waals surface area contributed by atoms with E-state index in [0.29, 0.717) is 11.3 Å². The van der Waals surface area contributed by atoms with Crippen LogP contribution in [0.2, 0.25) is 0 Å². The summed E-state index contributed by atoms with van der Waals surface area (Å²) in [6.07, 6.45) is -5.71. The van der Waals surface area contributed by atoms with Crippen molar-refractivity contribution in [2.75, 3.05) is 7.11 Å². The van der Waals surface area contributed by atoms with Crippen LogP contribution >= 0.6 is 0 Å². The van der Waals surface area contributed by atoms with Gasteiger partial charge in [0.05, 0.1) is 18.4 Å². The average molecular weight is 402 g/mol. The number of hydrogen-bond acceptors (Lipinski definition) is 4. The monoisotopic (exact) mass is 402 g/mol. The molecule has 0 saturated heterocycles. The zero-order chi connectivity index (χ0) is 20.8. The zero-order valence-electron chi connectivity index (χ0n) is 15.6. The van der Waals surface area contributed by atoms with Gasteiger partial charge >= 0.3 is 12.1 Å². The molecule has 0 unspecified atom stereocenters. The minimum atomic E-state index is -4.76. The first-order valence-electron chi connectivity index (χ1n) is 8.88. The van der Waals surface area contributed by atoms with E-state index in [4.69, 9.17) is 9.47 Å². The van der Waals surface area contributed by atoms with E-state index in [2.05, 4.69) is 5.10 Å². The Hall–Kier alpha value is -3.29. The summed E-state index contributed by atoms with van der Waals surface area (Å²) in [4.78, 5) is 12.5. The summed E-state index contributed by atoms with van der Waals surface area (Å²) in [6, 6.07) is 15.4. The molecule has 0 bridgehead atoms. The van der Waals surface area contributed by atoms with Crippen LogP contribution in [0.4, 0.5) is 13.2 Å². The molecule has 1 aliphatic heterocycles. The third kappa shape index (κ3) is 3.24. The number of hydrogen-bond donors (Lipinski definition) is 0. The van der Waals surface area contributed by atoms with E-state index < -0.39 is 29.9 Å². The summed E-state index contributed by atoms with van der Waals surface area (Å²) in [6.45, 7) is 1.89. The van der Waals surface area contributed by atoms with Gasteiger partial charge in [-0.25, -0.2) is 4.68 Å². The topological polar surface area (TPSA) is 53.3 Å². The minimum absolute atomic E-state index is 0.107. The quantitative estimate of drug-likeness (QED) is 0.602. The van der Waals surface area contributed by atoms with Crippen LogP contribution < -0.4 is 4.74 Å². The van der Waals surface area contributed by atoms with Gasteiger partial charge in [0.25, 0.3) is 0 Å². The average Bonchev–Trinajstić information content (AvgIpc) is 3.25. The van der Waals surface area contributed by atoms with Crippen LogP contribution in [0.5, 0.6) is 5.88 Å². The second-order valence-electron chi connectivity index (χ2n) is 6.76. The maximum atomic E-state index is 13.8. The molecule has 3 aromatic rings. The first kappa shape index (κ1) is 19.0. The Morgan fingerprint density at radius 1 is 1.10 bits per heavy atom. The molecule has 0 fully saturated rings. The van der Waals surface area contributed by atoms with E-state index in [1.54, 1.807) is 42.5 Å². The molecule has 2 atom stereocenters. The number of carbonyl (C=O) groups excluding carboxylic acids is 1. The summed E-state index contributed by atoms with van der Waals surface area (Å²) < 4.78 is 53.3. The summed E-state index contributed by atoms with van der Waals surface area (Å²) >= 11 is 0. The molecule has 0 radical (unpaired) electrons. The number of esters is 1. The van der Waals surface area contributed by atoms with Crippen molar-refractivity contribution in [2.45, 2.75) is 25.1 Å². The second kappa shape index (κ2) is 6.95. The number of fused-ring (bicyclic) bond motifs is 1. The Kier molecular flexibility index (Phi) is 4.56. The van der Waals surface area contributed by atoms with Crippen LogP contribution in [0.25, 0.3) is 5.69 Å². The highest BCUT2D eigenvalue weighted by Crippen LogP contribution is 2.52. The molecule has 0 aliphatic carbocycles. The number of nitrogens with zero attached hydrogens (tertiary/aromatic N) is 2. The highest BCUT2D eigenvalue weighted by atomic mass is 19.4. The van der Waals surface area contributed by atoms with Gasteiger partial charge in [0.15, 0.2) is 5.69 Å². The molecule has 29 heavy (non-hydrogen) atoms. The molecule has 150 valence electrons. The number of methoxy groups -OCH3 is 1. The Morgan fingerprint density at radius 2 is 1.76 bits per heavy atom. The largest absolute Gasteiger partial charge is 0.468 e.